The lowest BCUT2D eigenvalue weighted by molar-refractivity contribution is 0.0290. The van der Waals surface area contributed by atoms with Gasteiger partial charge in [0.2, 0.25) is 0 Å². The zero-order valence-electron chi connectivity index (χ0n) is 12.5. The molecule has 1 aliphatic heterocycles. The van der Waals surface area contributed by atoms with Crippen LogP contribution in [-0.4, -0.2) is 44.4 Å². The van der Waals surface area contributed by atoms with Crippen LogP contribution < -0.4 is 10.5 Å². The van der Waals surface area contributed by atoms with Crippen molar-refractivity contribution in [3.8, 4) is 5.75 Å². The number of rotatable bonds is 6. The van der Waals surface area contributed by atoms with Gasteiger partial charge in [-0.1, -0.05) is 18.2 Å². The van der Waals surface area contributed by atoms with E-state index in [0.717, 1.165) is 31.8 Å². The Bertz CT molecular complexity index is 405. The number of para-hydroxylation sites is 1. The van der Waals surface area contributed by atoms with E-state index in [1.165, 1.54) is 5.56 Å². The molecule has 0 spiro atoms. The summed E-state index contributed by atoms with van der Waals surface area (Å²) in [4.78, 5) is 2.39. The van der Waals surface area contributed by atoms with Crippen LogP contribution in [0.2, 0.25) is 0 Å². The summed E-state index contributed by atoms with van der Waals surface area (Å²) in [6.45, 7) is 4.97. The highest BCUT2D eigenvalue weighted by Gasteiger charge is 2.26. The second-order valence-corrected chi connectivity index (χ2v) is 5.23. The van der Waals surface area contributed by atoms with E-state index in [-0.39, 0.29) is 6.04 Å². The van der Waals surface area contributed by atoms with Gasteiger partial charge in [-0.2, -0.15) is 0 Å². The summed E-state index contributed by atoms with van der Waals surface area (Å²) in [6, 6.07) is 8.94. The molecule has 0 bridgehead atoms. The number of ether oxygens (including phenoxy) is 2. The highest BCUT2D eigenvalue weighted by molar-refractivity contribution is 5.36. The lowest BCUT2D eigenvalue weighted by atomic mass is 9.99. The van der Waals surface area contributed by atoms with Crippen LogP contribution in [0.3, 0.4) is 0 Å². The molecule has 1 saturated heterocycles. The van der Waals surface area contributed by atoms with Crippen molar-refractivity contribution in [2.75, 3.05) is 33.4 Å². The highest BCUT2D eigenvalue weighted by Crippen LogP contribution is 2.31. The van der Waals surface area contributed by atoms with Gasteiger partial charge in [0.15, 0.2) is 0 Å². The van der Waals surface area contributed by atoms with Crippen LogP contribution in [0.4, 0.5) is 0 Å². The van der Waals surface area contributed by atoms with Crippen LogP contribution >= 0.6 is 0 Å². The van der Waals surface area contributed by atoms with Crippen molar-refractivity contribution in [3.05, 3.63) is 29.8 Å². The minimum atomic E-state index is 0.195. The molecule has 4 heteroatoms. The molecule has 1 unspecified atom stereocenters. The van der Waals surface area contributed by atoms with Crippen molar-refractivity contribution >= 4 is 0 Å². The molecule has 112 valence electrons. The van der Waals surface area contributed by atoms with E-state index in [1.807, 2.05) is 19.1 Å². The van der Waals surface area contributed by atoms with E-state index in [9.17, 15) is 0 Å². The minimum absolute atomic E-state index is 0.195. The van der Waals surface area contributed by atoms with Gasteiger partial charge in [-0.05, 0) is 32.9 Å². The molecule has 0 saturated carbocycles. The Morgan fingerprint density at radius 2 is 2.05 bits per heavy atom. The van der Waals surface area contributed by atoms with Gasteiger partial charge in [-0.3, -0.25) is 4.90 Å². The standard InChI is InChI=1S/C16H26N2O2/c1-3-20-16-7-5-4-6-14(16)15(12-17)18(2)13-8-10-19-11-9-13/h4-7,13,15H,3,8-12,17H2,1-2H3. The van der Waals surface area contributed by atoms with E-state index < -0.39 is 0 Å². The summed E-state index contributed by atoms with van der Waals surface area (Å²) in [5, 5.41) is 0. The quantitative estimate of drug-likeness (QED) is 0.866. The maximum absolute atomic E-state index is 6.05. The molecule has 1 aromatic carbocycles. The Morgan fingerprint density at radius 1 is 1.35 bits per heavy atom. The molecule has 1 aromatic rings. The first-order chi connectivity index (χ1) is 9.77. The number of hydrogen-bond acceptors (Lipinski definition) is 4. The first-order valence-corrected chi connectivity index (χ1v) is 7.49. The molecule has 20 heavy (non-hydrogen) atoms. The van der Waals surface area contributed by atoms with Gasteiger partial charge in [-0.25, -0.2) is 0 Å². The predicted molar refractivity (Wildman–Crippen MR) is 81.0 cm³/mol. The average Bonchev–Trinajstić information content (AvgIpc) is 2.51. The van der Waals surface area contributed by atoms with Crippen molar-refractivity contribution in [2.24, 2.45) is 5.73 Å². The van der Waals surface area contributed by atoms with Gasteiger partial charge in [0, 0.05) is 31.4 Å². The highest BCUT2D eigenvalue weighted by atomic mass is 16.5. The third-order valence-corrected chi connectivity index (χ3v) is 4.06. The molecule has 0 amide bonds. The van der Waals surface area contributed by atoms with Crippen LogP contribution in [0.15, 0.2) is 24.3 Å². The molecule has 0 radical (unpaired) electrons. The molecule has 0 aliphatic carbocycles. The van der Waals surface area contributed by atoms with Crippen molar-refractivity contribution in [1.29, 1.82) is 0 Å². The van der Waals surface area contributed by atoms with Crippen LogP contribution in [0.25, 0.3) is 0 Å². The monoisotopic (exact) mass is 278 g/mol. The first-order valence-electron chi connectivity index (χ1n) is 7.49. The van der Waals surface area contributed by atoms with E-state index in [2.05, 4.69) is 24.1 Å². The maximum atomic E-state index is 6.05. The molecule has 2 rings (SSSR count). The van der Waals surface area contributed by atoms with Gasteiger partial charge >= 0.3 is 0 Å². The van der Waals surface area contributed by atoms with Gasteiger partial charge in [0.25, 0.3) is 0 Å². The maximum Gasteiger partial charge on any atom is 0.124 e. The molecule has 1 fully saturated rings. The number of nitrogens with two attached hydrogens (primary N) is 1. The summed E-state index contributed by atoms with van der Waals surface area (Å²) < 4.78 is 11.2. The molecule has 1 atom stereocenters. The van der Waals surface area contributed by atoms with Crippen LogP contribution in [0, 0.1) is 0 Å². The Balaban J connectivity index is 2.18. The molecule has 1 heterocycles. The van der Waals surface area contributed by atoms with Gasteiger partial charge in [-0.15, -0.1) is 0 Å². The minimum Gasteiger partial charge on any atom is -0.494 e. The number of benzene rings is 1. The van der Waals surface area contributed by atoms with Gasteiger partial charge in [0.05, 0.1) is 12.6 Å². The molecular weight excluding hydrogens is 252 g/mol. The number of hydrogen-bond donors (Lipinski definition) is 1. The summed E-state index contributed by atoms with van der Waals surface area (Å²) in [5.74, 6) is 0.948. The summed E-state index contributed by atoms with van der Waals surface area (Å²) in [6.07, 6.45) is 2.15. The summed E-state index contributed by atoms with van der Waals surface area (Å²) in [5.41, 5.74) is 7.23. The van der Waals surface area contributed by atoms with Crippen LogP contribution in [0.1, 0.15) is 31.4 Å². The third-order valence-electron chi connectivity index (χ3n) is 4.06. The Hall–Kier alpha value is -1.10. The molecule has 0 aromatic heterocycles. The Labute approximate surface area is 121 Å². The number of nitrogens with zero attached hydrogens (tertiary/aromatic N) is 1. The fourth-order valence-electron chi connectivity index (χ4n) is 2.90. The van der Waals surface area contributed by atoms with Crippen molar-refractivity contribution < 1.29 is 9.47 Å². The van der Waals surface area contributed by atoms with Crippen molar-refractivity contribution in [3.63, 3.8) is 0 Å². The average molecular weight is 278 g/mol. The lowest BCUT2D eigenvalue weighted by Gasteiger charge is -2.37. The molecule has 2 N–H and O–H groups in total. The van der Waals surface area contributed by atoms with E-state index in [4.69, 9.17) is 15.2 Å². The molecular formula is C16H26N2O2. The zero-order valence-corrected chi connectivity index (χ0v) is 12.5. The zero-order chi connectivity index (χ0) is 14.4. The van der Waals surface area contributed by atoms with Crippen molar-refractivity contribution in [1.82, 2.24) is 4.90 Å². The van der Waals surface area contributed by atoms with E-state index in [1.54, 1.807) is 0 Å². The lowest BCUT2D eigenvalue weighted by Crippen LogP contribution is -2.41. The topological polar surface area (TPSA) is 47.7 Å². The van der Waals surface area contributed by atoms with Crippen molar-refractivity contribution in [2.45, 2.75) is 31.8 Å². The van der Waals surface area contributed by atoms with Gasteiger partial charge < -0.3 is 15.2 Å². The Kier molecular flexibility index (Phi) is 5.83. The second-order valence-electron chi connectivity index (χ2n) is 5.23. The number of likely N-dealkylation sites (N-methyl/N-ethyl adjacent to an activating group) is 1. The SMILES string of the molecule is CCOc1ccccc1C(CN)N(C)C1CCOCC1. The van der Waals surface area contributed by atoms with Gasteiger partial charge in [0.1, 0.15) is 5.75 Å². The van der Waals surface area contributed by atoms with E-state index in [0.29, 0.717) is 19.2 Å². The largest absolute Gasteiger partial charge is 0.494 e. The van der Waals surface area contributed by atoms with Crippen LogP contribution in [0.5, 0.6) is 5.75 Å². The predicted octanol–water partition coefficient (Wildman–Crippen LogP) is 2.20. The Morgan fingerprint density at radius 3 is 2.70 bits per heavy atom. The van der Waals surface area contributed by atoms with E-state index >= 15 is 0 Å². The molecule has 1 aliphatic rings. The third kappa shape index (κ3) is 3.51. The normalized spacial score (nSPS) is 18.2. The second kappa shape index (κ2) is 7.62. The fourth-order valence-corrected chi connectivity index (χ4v) is 2.90. The molecule has 4 nitrogen and oxygen atoms in total. The summed E-state index contributed by atoms with van der Waals surface area (Å²) in [7, 11) is 2.16. The first kappa shape index (κ1) is 15.3. The fraction of sp³-hybridized carbons (Fsp3) is 0.625. The smallest absolute Gasteiger partial charge is 0.124 e. The van der Waals surface area contributed by atoms with Crippen LogP contribution in [-0.2, 0) is 4.74 Å². The summed E-state index contributed by atoms with van der Waals surface area (Å²) >= 11 is 0.